The van der Waals surface area contributed by atoms with Gasteiger partial charge >= 0.3 is 0 Å². The molecule has 0 amide bonds. The SMILES string of the molecule is CCn1c(C#Cc2ccc(NC)cc2)c(C#N)c2ccc(O)cc21.O=CC1CCCCC1. The molecule has 32 heavy (non-hydrogen) atoms. The maximum absolute atomic E-state index is 10.2. The highest BCUT2D eigenvalue weighted by molar-refractivity contribution is 5.90. The zero-order chi connectivity index (χ0) is 22.9. The molecule has 0 spiro atoms. The topological polar surface area (TPSA) is 78.1 Å². The smallest absolute Gasteiger partial charge is 0.123 e. The Hall–Kier alpha value is -3.70. The van der Waals surface area contributed by atoms with Gasteiger partial charge in [0, 0.05) is 42.2 Å². The number of rotatable bonds is 3. The molecule has 0 saturated heterocycles. The lowest BCUT2D eigenvalue weighted by molar-refractivity contribution is -0.111. The van der Waals surface area contributed by atoms with Gasteiger partial charge in [0.1, 0.15) is 23.8 Å². The molecule has 5 nitrogen and oxygen atoms in total. The number of aromatic hydroxyl groups is 1. The fourth-order valence-electron chi connectivity index (χ4n) is 4.03. The van der Waals surface area contributed by atoms with Crippen molar-refractivity contribution in [3.8, 4) is 23.7 Å². The van der Waals surface area contributed by atoms with Crippen molar-refractivity contribution >= 4 is 22.9 Å². The first-order valence-corrected chi connectivity index (χ1v) is 11.1. The Morgan fingerprint density at radius 3 is 2.41 bits per heavy atom. The van der Waals surface area contributed by atoms with E-state index in [2.05, 4.69) is 23.2 Å². The molecule has 1 saturated carbocycles. The van der Waals surface area contributed by atoms with Gasteiger partial charge in [-0.2, -0.15) is 5.26 Å². The number of aryl methyl sites for hydroxylation is 1. The van der Waals surface area contributed by atoms with Gasteiger partial charge in [-0.05, 0) is 62.1 Å². The molecule has 0 radical (unpaired) electrons. The summed E-state index contributed by atoms with van der Waals surface area (Å²) in [5.41, 5.74) is 3.96. The number of aromatic nitrogens is 1. The van der Waals surface area contributed by atoms with E-state index in [-0.39, 0.29) is 5.75 Å². The Bertz CT molecular complexity index is 1170. The Morgan fingerprint density at radius 1 is 1.12 bits per heavy atom. The average molecular weight is 428 g/mol. The van der Waals surface area contributed by atoms with Gasteiger partial charge < -0.3 is 19.8 Å². The molecule has 0 aliphatic heterocycles. The first kappa shape index (κ1) is 23.0. The summed E-state index contributed by atoms with van der Waals surface area (Å²) in [7, 11) is 1.87. The van der Waals surface area contributed by atoms with E-state index < -0.39 is 0 Å². The first-order valence-electron chi connectivity index (χ1n) is 11.1. The van der Waals surface area contributed by atoms with Crippen molar-refractivity contribution in [3.05, 3.63) is 59.3 Å². The minimum Gasteiger partial charge on any atom is -0.508 e. The molecule has 164 valence electrons. The van der Waals surface area contributed by atoms with Crippen molar-refractivity contribution in [1.29, 1.82) is 5.26 Å². The normalized spacial score (nSPS) is 13.3. The second kappa shape index (κ2) is 11.1. The van der Waals surface area contributed by atoms with Crippen LogP contribution in [0.15, 0.2) is 42.5 Å². The van der Waals surface area contributed by atoms with Gasteiger partial charge in [0.25, 0.3) is 0 Å². The van der Waals surface area contributed by atoms with Gasteiger partial charge in [-0.3, -0.25) is 0 Å². The summed E-state index contributed by atoms with van der Waals surface area (Å²) < 4.78 is 1.96. The van der Waals surface area contributed by atoms with Gasteiger partial charge in [0.15, 0.2) is 0 Å². The minimum atomic E-state index is 0.182. The maximum Gasteiger partial charge on any atom is 0.123 e. The number of nitrogens with zero attached hydrogens (tertiary/aromatic N) is 2. The molecule has 3 aromatic rings. The largest absolute Gasteiger partial charge is 0.508 e. The van der Waals surface area contributed by atoms with Crippen molar-refractivity contribution in [2.75, 3.05) is 12.4 Å². The number of carbonyl (C=O) groups is 1. The quantitative estimate of drug-likeness (QED) is 0.431. The third-order valence-corrected chi connectivity index (χ3v) is 5.82. The van der Waals surface area contributed by atoms with Crippen LogP contribution in [-0.4, -0.2) is 23.0 Å². The second-order valence-corrected chi connectivity index (χ2v) is 7.89. The number of hydrogen-bond acceptors (Lipinski definition) is 4. The molecule has 2 N–H and O–H groups in total. The van der Waals surface area contributed by atoms with E-state index in [0.29, 0.717) is 23.7 Å². The van der Waals surface area contributed by atoms with E-state index in [1.807, 2.05) is 42.8 Å². The molecule has 5 heteroatoms. The molecular formula is C27H29N3O2. The maximum atomic E-state index is 10.2. The second-order valence-electron chi connectivity index (χ2n) is 7.89. The molecule has 0 bridgehead atoms. The summed E-state index contributed by atoms with van der Waals surface area (Å²) in [6, 6.07) is 15.1. The lowest BCUT2D eigenvalue weighted by atomic mass is 9.91. The summed E-state index contributed by atoms with van der Waals surface area (Å²) in [4.78, 5) is 10.2. The van der Waals surface area contributed by atoms with Crippen LogP contribution in [0.5, 0.6) is 5.75 Å². The molecule has 4 rings (SSSR count). The zero-order valence-corrected chi connectivity index (χ0v) is 18.7. The van der Waals surface area contributed by atoms with E-state index in [0.717, 1.165) is 41.3 Å². The highest BCUT2D eigenvalue weighted by atomic mass is 16.3. The predicted octanol–water partition coefficient (Wildman–Crippen LogP) is 5.45. The molecular weight excluding hydrogens is 398 g/mol. The highest BCUT2D eigenvalue weighted by Gasteiger charge is 2.15. The number of nitrogens with one attached hydrogen (secondary N) is 1. The van der Waals surface area contributed by atoms with E-state index in [1.165, 1.54) is 19.3 Å². The number of benzene rings is 2. The number of nitriles is 1. The van der Waals surface area contributed by atoms with E-state index in [1.54, 1.807) is 18.2 Å². The van der Waals surface area contributed by atoms with Crippen LogP contribution in [0, 0.1) is 29.1 Å². The predicted molar refractivity (Wildman–Crippen MR) is 129 cm³/mol. The number of phenolic OH excluding ortho intramolecular Hbond substituents is 1. The number of hydrogen-bond donors (Lipinski definition) is 2. The van der Waals surface area contributed by atoms with Crippen LogP contribution < -0.4 is 5.32 Å². The number of aldehydes is 1. The molecule has 1 fully saturated rings. The molecule has 1 heterocycles. The molecule has 2 aromatic carbocycles. The molecule has 0 unspecified atom stereocenters. The van der Waals surface area contributed by atoms with E-state index in [9.17, 15) is 15.2 Å². The fourth-order valence-corrected chi connectivity index (χ4v) is 4.03. The highest BCUT2D eigenvalue weighted by Crippen LogP contribution is 2.28. The first-order chi connectivity index (χ1) is 15.6. The summed E-state index contributed by atoms with van der Waals surface area (Å²) in [5, 5.41) is 23.2. The van der Waals surface area contributed by atoms with Crippen LogP contribution in [0.1, 0.15) is 55.8 Å². The Morgan fingerprint density at radius 2 is 1.84 bits per heavy atom. The zero-order valence-electron chi connectivity index (χ0n) is 18.7. The molecule has 1 aromatic heterocycles. The Balaban J connectivity index is 0.000000305. The van der Waals surface area contributed by atoms with Crippen LogP contribution in [0.3, 0.4) is 0 Å². The molecule has 0 atom stereocenters. The average Bonchev–Trinajstić information content (AvgIpc) is 3.15. The number of anilines is 1. The summed E-state index contributed by atoms with van der Waals surface area (Å²) in [6.07, 6.45) is 7.27. The standard InChI is InChI=1S/C20H17N3O.C7H12O/c1-3-23-19(11-6-14-4-7-15(22-2)8-5-14)18(13-21)17-10-9-16(24)12-20(17)23;8-6-7-4-2-1-3-5-7/h4-5,7-10,12,22,24H,3H2,1-2H3;6-7H,1-5H2. The monoisotopic (exact) mass is 427 g/mol. The van der Waals surface area contributed by atoms with Crippen LogP contribution in [-0.2, 0) is 11.3 Å². The number of phenols is 1. The molecule has 1 aliphatic rings. The van der Waals surface area contributed by atoms with Crippen LogP contribution >= 0.6 is 0 Å². The van der Waals surface area contributed by atoms with Gasteiger partial charge in [0.05, 0.1) is 11.1 Å². The van der Waals surface area contributed by atoms with Crippen molar-refractivity contribution in [2.24, 2.45) is 5.92 Å². The van der Waals surface area contributed by atoms with Crippen LogP contribution in [0.4, 0.5) is 5.69 Å². The van der Waals surface area contributed by atoms with Crippen molar-refractivity contribution in [1.82, 2.24) is 4.57 Å². The lowest BCUT2D eigenvalue weighted by Crippen LogP contribution is -2.06. The summed E-state index contributed by atoms with van der Waals surface area (Å²) in [6.45, 7) is 2.67. The van der Waals surface area contributed by atoms with Crippen molar-refractivity contribution < 1.29 is 9.90 Å². The van der Waals surface area contributed by atoms with Gasteiger partial charge in [-0.25, -0.2) is 0 Å². The number of carbonyl (C=O) groups excluding carboxylic acids is 1. The van der Waals surface area contributed by atoms with Gasteiger partial charge in [0.2, 0.25) is 0 Å². The lowest BCUT2D eigenvalue weighted by Gasteiger charge is -2.14. The molecule has 1 aliphatic carbocycles. The van der Waals surface area contributed by atoms with Crippen LogP contribution in [0.2, 0.25) is 0 Å². The van der Waals surface area contributed by atoms with Gasteiger partial charge in [-0.15, -0.1) is 0 Å². The van der Waals surface area contributed by atoms with Crippen LogP contribution in [0.25, 0.3) is 10.9 Å². The Kier molecular flexibility index (Phi) is 7.95. The van der Waals surface area contributed by atoms with Crippen molar-refractivity contribution in [2.45, 2.75) is 45.6 Å². The summed E-state index contributed by atoms with van der Waals surface area (Å²) >= 11 is 0. The van der Waals surface area contributed by atoms with Crippen molar-refractivity contribution in [3.63, 3.8) is 0 Å². The van der Waals surface area contributed by atoms with E-state index >= 15 is 0 Å². The number of fused-ring (bicyclic) bond motifs is 1. The van der Waals surface area contributed by atoms with Gasteiger partial charge in [-0.1, -0.05) is 25.2 Å². The third kappa shape index (κ3) is 5.31. The Labute approximate surface area is 189 Å². The minimum absolute atomic E-state index is 0.182. The third-order valence-electron chi connectivity index (χ3n) is 5.82. The van der Waals surface area contributed by atoms with E-state index in [4.69, 9.17) is 0 Å². The fraction of sp³-hybridized carbons (Fsp3) is 0.333. The summed E-state index contributed by atoms with van der Waals surface area (Å²) in [5.74, 6) is 6.85.